The largest absolute Gasteiger partial charge is 0.237 e. The van der Waals surface area contributed by atoms with Crippen molar-refractivity contribution in [3.8, 4) is 22.8 Å². The number of aromatic nitrogens is 8. The van der Waals surface area contributed by atoms with Crippen LogP contribution < -0.4 is 0 Å². The molecule has 24 heavy (non-hydrogen) atoms. The van der Waals surface area contributed by atoms with Gasteiger partial charge >= 0.3 is 0 Å². The van der Waals surface area contributed by atoms with Crippen molar-refractivity contribution in [1.29, 1.82) is 0 Å². The Labute approximate surface area is 145 Å². The zero-order chi connectivity index (χ0) is 16.4. The molecule has 0 unspecified atom stereocenters. The lowest BCUT2D eigenvalue weighted by atomic mass is 10.1. The number of rotatable bonds is 4. The van der Waals surface area contributed by atoms with Gasteiger partial charge in [0, 0.05) is 28.9 Å². The quantitative estimate of drug-likeness (QED) is 0.502. The Morgan fingerprint density at radius 2 is 1.58 bits per heavy atom. The lowest BCUT2D eigenvalue weighted by Crippen LogP contribution is -2.06. The molecule has 0 spiro atoms. The smallest absolute Gasteiger partial charge is 0.163 e. The van der Waals surface area contributed by atoms with Gasteiger partial charge in [-0.1, -0.05) is 26.4 Å². The molecule has 0 saturated carbocycles. The predicted octanol–water partition coefficient (Wildman–Crippen LogP) is 2.20. The minimum Gasteiger partial charge on any atom is -0.237 e. The number of nitrogens with zero attached hydrogens (tertiary/aromatic N) is 8. The van der Waals surface area contributed by atoms with E-state index in [1.807, 2.05) is 12.1 Å². The lowest BCUT2D eigenvalue weighted by Gasteiger charge is -2.12. The van der Waals surface area contributed by atoms with Crippen LogP contribution in [0.2, 0.25) is 0 Å². The third-order valence-electron chi connectivity index (χ3n) is 3.43. The van der Waals surface area contributed by atoms with E-state index >= 15 is 0 Å². The normalized spacial score (nSPS) is 10.9. The van der Waals surface area contributed by atoms with E-state index in [-0.39, 0.29) is 0 Å². The zero-order valence-electron chi connectivity index (χ0n) is 12.4. The minimum absolute atomic E-state index is 0.671. The first-order chi connectivity index (χ1) is 11.9. The molecule has 0 amide bonds. The minimum atomic E-state index is 0.671. The molecule has 4 aromatic rings. The molecule has 0 aromatic carbocycles. The second-order valence-corrected chi connectivity index (χ2v) is 5.48. The summed E-state index contributed by atoms with van der Waals surface area (Å²) in [6.07, 6.45) is 10.3. The van der Waals surface area contributed by atoms with Crippen molar-refractivity contribution >= 4 is 15.9 Å². The number of hydrogen-bond donors (Lipinski definition) is 0. The molecule has 0 radical (unpaired) electrons. The molecule has 0 N–H and O–H groups in total. The zero-order valence-corrected chi connectivity index (χ0v) is 13.9. The van der Waals surface area contributed by atoms with Gasteiger partial charge in [0.2, 0.25) is 0 Å². The average Bonchev–Trinajstić information content (AvgIpc) is 3.35. The molecule has 9 heteroatoms. The van der Waals surface area contributed by atoms with Crippen LogP contribution in [0, 0.1) is 0 Å². The van der Waals surface area contributed by atoms with Crippen molar-refractivity contribution in [1.82, 2.24) is 40.0 Å². The van der Waals surface area contributed by atoms with Gasteiger partial charge in [-0.3, -0.25) is 0 Å². The molecule has 0 bridgehead atoms. The van der Waals surface area contributed by atoms with Crippen LogP contribution in [-0.2, 0) is 5.33 Å². The Morgan fingerprint density at radius 1 is 0.875 bits per heavy atom. The summed E-state index contributed by atoms with van der Waals surface area (Å²) in [5.41, 5.74) is 2.81. The molecule has 0 saturated heterocycles. The summed E-state index contributed by atoms with van der Waals surface area (Å²) in [6, 6.07) is 5.90. The van der Waals surface area contributed by atoms with Gasteiger partial charge in [0.25, 0.3) is 0 Å². The van der Waals surface area contributed by atoms with Crippen LogP contribution in [0.4, 0.5) is 0 Å². The fourth-order valence-electron chi connectivity index (χ4n) is 2.39. The van der Waals surface area contributed by atoms with E-state index in [9.17, 15) is 0 Å². The molecular formula is C15H11BrN8. The van der Waals surface area contributed by atoms with Gasteiger partial charge < -0.3 is 0 Å². The second-order valence-electron chi connectivity index (χ2n) is 4.92. The first-order valence-electron chi connectivity index (χ1n) is 7.10. The van der Waals surface area contributed by atoms with E-state index in [2.05, 4.69) is 52.6 Å². The molecule has 0 aliphatic carbocycles. The Bertz CT molecular complexity index is 950. The maximum Gasteiger partial charge on any atom is 0.163 e. The fraction of sp³-hybridized carbons (Fsp3) is 0.0667. The van der Waals surface area contributed by atoms with Gasteiger partial charge in [0.05, 0.1) is 24.8 Å². The number of hydrogen-bond acceptors (Lipinski definition) is 6. The van der Waals surface area contributed by atoms with E-state index in [4.69, 9.17) is 0 Å². The Morgan fingerprint density at radius 3 is 2.21 bits per heavy atom. The van der Waals surface area contributed by atoms with Gasteiger partial charge in [0.1, 0.15) is 0 Å². The van der Waals surface area contributed by atoms with Gasteiger partial charge in [-0.2, -0.15) is 0 Å². The first kappa shape index (κ1) is 14.6. The van der Waals surface area contributed by atoms with Gasteiger partial charge in [0.15, 0.2) is 11.6 Å². The van der Waals surface area contributed by atoms with Crippen LogP contribution >= 0.6 is 15.9 Å². The summed E-state index contributed by atoms with van der Waals surface area (Å²) in [7, 11) is 0. The van der Waals surface area contributed by atoms with E-state index < -0.39 is 0 Å². The molecule has 4 heterocycles. The van der Waals surface area contributed by atoms with Crippen LogP contribution in [0.15, 0.2) is 55.4 Å². The van der Waals surface area contributed by atoms with E-state index in [0.29, 0.717) is 17.0 Å². The molecule has 8 nitrogen and oxygen atoms in total. The van der Waals surface area contributed by atoms with Crippen molar-refractivity contribution in [2.45, 2.75) is 5.33 Å². The highest BCUT2D eigenvalue weighted by Gasteiger charge is 2.16. The second kappa shape index (κ2) is 6.28. The third-order valence-corrected chi connectivity index (χ3v) is 4.08. The Balaban J connectivity index is 1.97. The summed E-state index contributed by atoms with van der Waals surface area (Å²) in [4.78, 5) is 9.00. The van der Waals surface area contributed by atoms with Crippen LogP contribution in [0.5, 0.6) is 0 Å². The lowest BCUT2D eigenvalue weighted by molar-refractivity contribution is 0.775. The molecular weight excluding hydrogens is 372 g/mol. The highest BCUT2D eigenvalue weighted by Crippen LogP contribution is 2.30. The van der Waals surface area contributed by atoms with Crippen molar-refractivity contribution in [3.63, 3.8) is 0 Å². The maximum absolute atomic E-state index is 4.55. The summed E-state index contributed by atoms with van der Waals surface area (Å²) in [5.74, 6) is 1.34. The molecule has 4 aromatic heterocycles. The van der Waals surface area contributed by atoms with Crippen LogP contribution in [0.25, 0.3) is 22.8 Å². The Hall–Kier alpha value is -2.94. The van der Waals surface area contributed by atoms with Crippen molar-refractivity contribution in [2.75, 3.05) is 0 Å². The van der Waals surface area contributed by atoms with Gasteiger partial charge in [-0.15, -0.1) is 10.2 Å². The molecule has 4 rings (SSSR count). The van der Waals surface area contributed by atoms with Gasteiger partial charge in [-0.05, 0) is 23.8 Å². The number of halogens is 1. The summed E-state index contributed by atoms with van der Waals surface area (Å²) < 4.78 is 3.26. The van der Waals surface area contributed by atoms with Crippen molar-refractivity contribution in [3.05, 3.63) is 60.9 Å². The van der Waals surface area contributed by atoms with Crippen LogP contribution in [-0.4, -0.2) is 40.0 Å². The summed E-state index contributed by atoms with van der Waals surface area (Å²) >= 11 is 3.48. The highest BCUT2D eigenvalue weighted by atomic mass is 79.9. The molecule has 0 fully saturated rings. The van der Waals surface area contributed by atoms with Crippen LogP contribution in [0.1, 0.15) is 5.56 Å². The van der Waals surface area contributed by atoms with E-state index in [1.165, 1.54) is 0 Å². The predicted molar refractivity (Wildman–Crippen MR) is 89.9 cm³/mol. The van der Waals surface area contributed by atoms with E-state index in [1.54, 1.807) is 46.5 Å². The first-order valence-corrected chi connectivity index (χ1v) is 8.22. The molecule has 0 aliphatic rings. The van der Waals surface area contributed by atoms with Gasteiger partial charge in [-0.25, -0.2) is 19.3 Å². The molecule has 0 atom stereocenters. The highest BCUT2D eigenvalue weighted by molar-refractivity contribution is 9.08. The van der Waals surface area contributed by atoms with Crippen molar-refractivity contribution in [2.24, 2.45) is 0 Å². The maximum atomic E-state index is 4.55. The monoisotopic (exact) mass is 382 g/mol. The fourth-order valence-corrected chi connectivity index (χ4v) is 2.69. The van der Waals surface area contributed by atoms with E-state index in [0.717, 1.165) is 16.7 Å². The topological polar surface area (TPSA) is 87.2 Å². The average molecular weight is 383 g/mol. The standard InChI is InChI=1S/C15H11BrN8/c16-9-11-8-13(15(18-10-11)24-7-5-20-22-24)12-2-1-3-17-14(12)23-6-4-19-21-23/h1-8,10H,9H2. The third kappa shape index (κ3) is 2.58. The SMILES string of the molecule is BrCc1cnc(-n2ccnn2)c(-c2cccnc2-n2ccnn2)c1. The summed E-state index contributed by atoms with van der Waals surface area (Å²) in [6.45, 7) is 0. The summed E-state index contributed by atoms with van der Waals surface area (Å²) in [5, 5.41) is 16.5. The number of pyridine rings is 2. The number of alkyl halides is 1. The Kier molecular flexibility index (Phi) is 3.83. The molecule has 0 aliphatic heterocycles. The molecule has 118 valence electrons. The van der Waals surface area contributed by atoms with Crippen LogP contribution in [0.3, 0.4) is 0 Å². The van der Waals surface area contributed by atoms with Crippen molar-refractivity contribution < 1.29 is 0 Å².